The summed E-state index contributed by atoms with van der Waals surface area (Å²) in [6, 6.07) is -0.197. The van der Waals surface area contributed by atoms with Gasteiger partial charge in [0.15, 0.2) is 0 Å². The van der Waals surface area contributed by atoms with E-state index in [1.165, 1.54) is 25.7 Å². The zero-order chi connectivity index (χ0) is 10.9. The fourth-order valence-corrected chi connectivity index (χ4v) is 1.74. The number of hydrogen-bond donors (Lipinski definition) is 3. The van der Waals surface area contributed by atoms with Crippen molar-refractivity contribution in [1.82, 2.24) is 10.6 Å². The standard InChI is InChI=1S/C11H20N2O2/c14-9-3-7-12-11(15)13-8-6-10-4-1-2-5-10/h6,8,10,14H,1-5,7,9H2,(H2,12,13,15)/b8-6+. The summed E-state index contributed by atoms with van der Waals surface area (Å²) in [4.78, 5) is 11.1. The fraction of sp³-hybridized carbons (Fsp3) is 0.727. The van der Waals surface area contributed by atoms with Gasteiger partial charge in [0.2, 0.25) is 0 Å². The van der Waals surface area contributed by atoms with Gasteiger partial charge in [0.1, 0.15) is 0 Å². The van der Waals surface area contributed by atoms with Crippen molar-refractivity contribution in [3.05, 3.63) is 12.3 Å². The van der Waals surface area contributed by atoms with E-state index in [2.05, 4.69) is 16.7 Å². The highest BCUT2D eigenvalue weighted by atomic mass is 16.3. The van der Waals surface area contributed by atoms with Crippen LogP contribution in [0.1, 0.15) is 32.1 Å². The summed E-state index contributed by atoms with van der Waals surface area (Å²) >= 11 is 0. The van der Waals surface area contributed by atoms with E-state index >= 15 is 0 Å². The molecule has 0 radical (unpaired) electrons. The maximum absolute atomic E-state index is 11.1. The fourth-order valence-electron chi connectivity index (χ4n) is 1.74. The maximum Gasteiger partial charge on any atom is 0.318 e. The molecule has 15 heavy (non-hydrogen) atoms. The van der Waals surface area contributed by atoms with Gasteiger partial charge in [0.05, 0.1) is 0 Å². The Labute approximate surface area is 90.7 Å². The van der Waals surface area contributed by atoms with E-state index in [1.54, 1.807) is 6.20 Å². The summed E-state index contributed by atoms with van der Waals surface area (Å²) in [7, 11) is 0. The predicted octanol–water partition coefficient (Wildman–Crippen LogP) is 1.37. The number of hydrogen-bond acceptors (Lipinski definition) is 2. The molecular formula is C11H20N2O2. The molecule has 1 fully saturated rings. The van der Waals surface area contributed by atoms with Crippen LogP contribution < -0.4 is 10.6 Å². The lowest BCUT2D eigenvalue weighted by Gasteiger charge is -2.04. The van der Waals surface area contributed by atoms with Crippen LogP contribution in [0.5, 0.6) is 0 Å². The molecule has 1 saturated carbocycles. The second-order valence-electron chi connectivity index (χ2n) is 3.88. The van der Waals surface area contributed by atoms with E-state index in [-0.39, 0.29) is 12.6 Å². The van der Waals surface area contributed by atoms with Crippen molar-refractivity contribution in [2.45, 2.75) is 32.1 Å². The van der Waals surface area contributed by atoms with Crippen LogP contribution in [0.15, 0.2) is 12.3 Å². The Balaban J connectivity index is 2.04. The zero-order valence-corrected chi connectivity index (χ0v) is 9.04. The molecule has 1 rings (SSSR count). The molecule has 1 aliphatic carbocycles. The Hall–Kier alpha value is -1.03. The van der Waals surface area contributed by atoms with Crippen LogP contribution in [0.3, 0.4) is 0 Å². The number of nitrogens with one attached hydrogen (secondary N) is 2. The third kappa shape index (κ3) is 5.42. The minimum atomic E-state index is -0.197. The van der Waals surface area contributed by atoms with Crippen molar-refractivity contribution in [3.8, 4) is 0 Å². The molecule has 0 heterocycles. The molecule has 1 aliphatic rings. The van der Waals surface area contributed by atoms with Crippen LogP contribution >= 0.6 is 0 Å². The van der Waals surface area contributed by atoms with Gasteiger partial charge in [-0.25, -0.2) is 4.79 Å². The first-order valence-electron chi connectivity index (χ1n) is 5.65. The van der Waals surface area contributed by atoms with Gasteiger partial charge < -0.3 is 15.7 Å². The zero-order valence-electron chi connectivity index (χ0n) is 9.04. The molecule has 0 spiro atoms. The van der Waals surface area contributed by atoms with Gasteiger partial charge >= 0.3 is 6.03 Å². The number of amides is 2. The van der Waals surface area contributed by atoms with E-state index in [4.69, 9.17) is 5.11 Å². The van der Waals surface area contributed by atoms with E-state index in [1.807, 2.05) is 0 Å². The normalized spacial score (nSPS) is 17.1. The molecule has 4 nitrogen and oxygen atoms in total. The Bertz CT molecular complexity index is 211. The van der Waals surface area contributed by atoms with Crippen LogP contribution in [-0.4, -0.2) is 24.3 Å². The number of rotatable bonds is 5. The second kappa shape index (κ2) is 7.29. The largest absolute Gasteiger partial charge is 0.396 e. The molecule has 0 aromatic heterocycles. The SMILES string of the molecule is O=C(N/C=C/C1CCCC1)NCCCO. The second-order valence-corrected chi connectivity index (χ2v) is 3.88. The number of aliphatic hydroxyl groups excluding tert-OH is 1. The lowest BCUT2D eigenvalue weighted by Crippen LogP contribution is -2.33. The highest BCUT2D eigenvalue weighted by Crippen LogP contribution is 2.25. The summed E-state index contributed by atoms with van der Waals surface area (Å²) in [6.07, 6.45) is 9.48. The van der Waals surface area contributed by atoms with Gasteiger partial charge in [-0.3, -0.25) is 0 Å². The summed E-state index contributed by atoms with van der Waals surface area (Å²) in [5, 5.41) is 13.8. The summed E-state index contributed by atoms with van der Waals surface area (Å²) < 4.78 is 0. The third-order valence-electron chi connectivity index (χ3n) is 2.60. The number of carbonyl (C=O) groups is 1. The molecule has 0 atom stereocenters. The average Bonchev–Trinajstić information content (AvgIpc) is 2.71. The first-order chi connectivity index (χ1) is 7.33. The molecule has 0 saturated heterocycles. The van der Waals surface area contributed by atoms with Crippen molar-refractivity contribution in [1.29, 1.82) is 0 Å². The highest BCUT2D eigenvalue weighted by molar-refractivity contribution is 5.74. The van der Waals surface area contributed by atoms with Gasteiger partial charge in [0.25, 0.3) is 0 Å². The highest BCUT2D eigenvalue weighted by Gasteiger charge is 2.10. The molecule has 0 aliphatic heterocycles. The van der Waals surface area contributed by atoms with Crippen LogP contribution in [0.25, 0.3) is 0 Å². The first kappa shape index (κ1) is 12.0. The van der Waals surface area contributed by atoms with E-state index in [0.717, 1.165) is 0 Å². The molecular weight excluding hydrogens is 192 g/mol. The topological polar surface area (TPSA) is 61.4 Å². The third-order valence-corrected chi connectivity index (χ3v) is 2.60. The van der Waals surface area contributed by atoms with Crippen molar-refractivity contribution in [2.75, 3.05) is 13.2 Å². The number of urea groups is 1. The maximum atomic E-state index is 11.1. The van der Waals surface area contributed by atoms with E-state index in [0.29, 0.717) is 18.9 Å². The summed E-state index contributed by atoms with van der Waals surface area (Å²) in [5.41, 5.74) is 0. The minimum Gasteiger partial charge on any atom is -0.396 e. The van der Waals surface area contributed by atoms with Crippen molar-refractivity contribution in [2.24, 2.45) is 5.92 Å². The minimum absolute atomic E-state index is 0.109. The van der Waals surface area contributed by atoms with E-state index in [9.17, 15) is 4.79 Å². The lowest BCUT2D eigenvalue weighted by molar-refractivity contribution is 0.241. The predicted molar refractivity (Wildman–Crippen MR) is 59.3 cm³/mol. The van der Waals surface area contributed by atoms with Crippen LogP contribution in [0, 0.1) is 5.92 Å². The van der Waals surface area contributed by atoms with Gasteiger partial charge in [0, 0.05) is 19.4 Å². The van der Waals surface area contributed by atoms with Crippen molar-refractivity contribution in [3.63, 3.8) is 0 Å². The van der Waals surface area contributed by atoms with Gasteiger partial charge in [-0.2, -0.15) is 0 Å². The molecule has 0 aromatic rings. The molecule has 86 valence electrons. The lowest BCUT2D eigenvalue weighted by atomic mass is 10.1. The number of aliphatic hydroxyl groups is 1. The van der Waals surface area contributed by atoms with E-state index < -0.39 is 0 Å². The van der Waals surface area contributed by atoms with Crippen molar-refractivity contribution >= 4 is 6.03 Å². The molecule has 2 amide bonds. The number of allylic oxidation sites excluding steroid dienone is 1. The average molecular weight is 212 g/mol. The monoisotopic (exact) mass is 212 g/mol. The van der Waals surface area contributed by atoms with Crippen LogP contribution in [0.4, 0.5) is 4.79 Å². The van der Waals surface area contributed by atoms with Gasteiger partial charge in [-0.05, 0) is 25.2 Å². The molecule has 0 bridgehead atoms. The Kier molecular flexibility index (Phi) is 5.85. The molecule has 0 unspecified atom stereocenters. The van der Waals surface area contributed by atoms with Gasteiger partial charge in [-0.15, -0.1) is 0 Å². The molecule has 4 heteroatoms. The van der Waals surface area contributed by atoms with Crippen LogP contribution in [-0.2, 0) is 0 Å². The summed E-state index contributed by atoms with van der Waals surface area (Å²) in [5.74, 6) is 0.641. The molecule has 0 aromatic carbocycles. The first-order valence-corrected chi connectivity index (χ1v) is 5.65. The Morgan fingerprint density at radius 2 is 2.13 bits per heavy atom. The van der Waals surface area contributed by atoms with Gasteiger partial charge in [-0.1, -0.05) is 18.9 Å². The summed E-state index contributed by atoms with van der Waals surface area (Å²) in [6.45, 7) is 0.623. The number of carbonyl (C=O) groups excluding carboxylic acids is 1. The Morgan fingerprint density at radius 3 is 2.80 bits per heavy atom. The smallest absolute Gasteiger partial charge is 0.318 e. The van der Waals surface area contributed by atoms with Crippen molar-refractivity contribution < 1.29 is 9.90 Å². The Morgan fingerprint density at radius 1 is 1.40 bits per heavy atom. The molecule has 3 N–H and O–H groups in total. The quantitative estimate of drug-likeness (QED) is 0.603. The van der Waals surface area contributed by atoms with Crippen LogP contribution in [0.2, 0.25) is 0 Å².